The summed E-state index contributed by atoms with van der Waals surface area (Å²) in [7, 11) is 3.28. The summed E-state index contributed by atoms with van der Waals surface area (Å²) in [6, 6.07) is 25.4. The molecule has 1 amide bonds. The molecule has 3 heterocycles. The molecule has 43 heavy (non-hydrogen) atoms. The molecule has 0 bridgehead atoms. The number of carbonyl (C=O) groups excluding carboxylic acids is 1. The number of fused-ring (bicyclic) bond motifs is 2. The van der Waals surface area contributed by atoms with Crippen molar-refractivity contribution in [2.45, 2.75) is 26.2 Å². The maximum atomic E-state index is 13.0. The number of hydrogen-bond donors (Lipinski definition) is 1. The Bertz CT molecular complexity index is 1750. The van der Waals surface area contributed by atoms with E-state index in [-0.39, 0.29) is 5.91 Å². The Kier molecular flexibility index (Phi) is 8.60. The van der Waals surface area contributed by atoms with E-state index < -0.39 is 0 Å². The molecular weight excluding hydrogens is 564 g/mol. The fourth-order valence-corrected chi connectivity index (χ4v) is 5.67. The van der Waals surface area contributed by atoms with Gasteiger partial charge in [0.15, 0.2) is 11.5 Å². The molecule has 9 heteroatoms. The van der Waals surface area contributed by atoms with Gasteiger partial charge in [0.1, 0.15) is 5.65 Å². The third-order valence-corrected chi connectivity index (χ3v) is 8.06. The van der Waals surface area contributed by atoms with Crippen LogP contribution in [0.1, 0.15) is 22.4 Å². The molecule has 0 aliphatic carbocycles. The summed E-state index contributed by atoms with van der Waals surface area (Å²) in [5.74, 6) is 1.38. The van der Waals surface area contributed by atoms with Gasteiger partial charge >= 0.3 is 0 Å². The molecule has 0 atom stereocenters. The largest absolute Gasteiger partial charge is 0.493 e. The molecule has 6 rings (SSSR count). The molecule has 2 aromatic heterocycles. The number of aromatic nitrogens is 2. The number of rotatable bonds is 10. The van der Waals surface area contributed by atoms with Crippen LogP contribution < -0.4 is 14.8 Å². The van der Waals surface area contributed by atoms with Gasteiger partial charge in [0.05, 0.1) is 45.4 Å². The zero-order valence-corrected chi connectivity index (χ0v) is 24.9. The summed E-state index contributed by atoms with van der Waals surface area (Å²) in [6.07, 6.45) is 2.83. The first-order chi connectivity index (χ1) is 21.0. The number of carbonyl (C=O) groups is 1. The fourth-order valence-electron chi connectivity index (χ4n) is 5.48. The van der Waals surface area contributed by atoms with Crippen molar-refractivity contribution in [2.24, 2.45) is 0 Å². The highest BCUT2D eigenvalue weighted by molar-refractivity contribution is 6.31. The van der Waals surface area contributed by atoms with Crippen molar-refractivity contribution in [1.29, 1.82) is 0 Å². The van der Waals surface area contributed by atoms with Crippen LogP contribution in [0.5, 0.6) is 11.5 Å². The second-order valence-corrected chi connectivity index (χ2v) is 10.9. The molecule has 0 fully saturated rings. The van der Waals surface area contributed by atoms with Crippen molar-refractivity contribution in [3.63, 3.8) is 0 Å². The molecule has 0 saturated heterocycles. The molecule has 1 N–H and O–H groups in total. The molecule has 0 radical (unpaired) electrons. The fraction of sp³-hybridized carbons (Fsp3) is 0.235. The minimum absolute atomic E-state index is 0.0573. The number of methoxy groups -OCH3 is 2. The van der Waals surface area contributed by atoms with Crippen molar-refractivity contribution >= 4 is 28.8 Å². The van der Waals surface area contributed by atoms with Crippen molar-refractivity contribution in [1.82, 2.24) is 14.3 Å². The van der Waals surface area contributed by atoms with E-state index in [2.05, 4.69) is 10.2 Å². The van der Waals surface area contributed by atoms with Gasteiger partial charge in [-0.05, 0) is 65.6 Å². The lowest BCUT2D eigenvalue weighted by Crippen LogP contribution is -2.37. The first kappa shape index (κ1) is 28.7. The molecule has 0 unspecified atom stereocenters. The standard InChI is InChI=1S/C34H33ClN4O4/c1-41-30-17-24-14-16-38(19-26(24)18-31(30)42-2)20-33(40)36-27-12-10-23(11-13-27)34-29(39-15-6-5-9-32(39)37-34)22-43-21-25-7-3-4-8-28(25)35/h3-13,15,17-18H,14,16,19-22H2,1-2H3,(H,36,40). The molecular formula is C34H33ClN4O4. The highest BCUT2D eigenvalue weighted by Gasteiger charge is 2.21. The van der Waals surface area contributed by atoms with Crippen LogP contribution in [-0.2, 0) is 35.7 Å². The Hall–Kier alpha value is -4.37. The predicted octanol–water partition coefficient (Wildman–Crippen LogP) is 6.39. The zero-order valence-electron chi connectivity index (χ0n) is 24.2. The van der Waals surface area contributed by atoms with Crippen LogP contribution in [0.25, 0.3) is 16.9 Å². The average molecular weight is 597 g/mol. The second kappa shape index (κ2) is 12.9. The topological polar surface area (TPSA) is 77.3 Å². The van der Waals surface area contributed by atoms with E-state index in [0.29, 0.717) is 37.1 Å². The number of amides is 1. The van der Waals surface area contributed by atoms with Gasteiger partial charge in [-0.25, -0.2) is 4.98 Å². The summed E-state index contributed by atoms with van der Waals surface area (Å²) in [5.41, 5.74) is 7.61. The highest BCUT2D eigenvalue weighted by atomic mass is 35.5. The van der Waals surface area contributed by atoms with Crippen LogP contribution in [0.2, 0.25) is 5.02 Å². The van der Waals surface area contributed by atoms with Crippen LogP contribution in [0, 0.1) is 0 Å². The third kappa shape index (κ3) is 6.37. The van der Waals surface area contributed by atoms with E-state index in [4.69, 9.17) is 30.8 Å². The lowest BCUT2D eigenvalue weighted by atomic mass is 9.99. The van der Waals surface area contributed by atoms with Gasteiger partial charge in [-0.15, -0.1) is 0 Å². The maximum absolute atomic E-state index is 13.0. The summed E-state index contributed by atoms with van der Waals surface area (Å²) in [6.45, 7) is 2.53. The number of nitrogens with zero attached hydrogens (tertiary/aromatic N) is 3. The van der Waals surface area contributed by atoms with E-state index in [1.165, 1.54) is 5.56 Å². The first-order valence-corrected chi connectivity index (χ1v) is 14.5. The first-order valence-electron chi connectivity index (χ1n) is 14.2. The number of pyridine rings is 1. The molecule has 220 valence electrons. The summed E-state index contributed by atoms with van der Waals surface area (Å²) in [4.78, 5) is 20.0. The molecule has 1 aliphatic rings. The summed E-state index contributed by atoms with van der Waals surface area (Å²) in [5, 5.41) is 3.73. The van der Waals surface area contributed by atoms with Crippen LogP contribution in [0.4, 0.5) is 5.69 Å². The van der Waals surface area contributed by atoms with E-state index in [1.807, 2.05) is 89.5 Å². The van der Waals surface area contributed by atoms with E-state index in [0.717, 1.165) is 58.1 Å². The zero-order chi connectivity index (χ0) is 29.8. The van der Waals surface area contributed by atoms with Gasteiger partial charge in [0.25, 0.3) is 0 Å². The maximum Gasteiger partial charge on any atom is 0.238 e. The lowest BCUT2D eigenvalue weighted by Gasteiger charge is -2.29. The Morgan fingerprint density at radius 3 is 2.44 bits per heavy atom. The SMILES string of the molecule is COc1cc2c(cc1OC)CN(CC(=O)Nc1ccc(-c3nc4ccccn4c3COCc3ccccc3Cl)cc1)CC2. The average Bonchev–Trinajstić information content (AvgIpc) is 3.40. The number of hydrogen-bond acceptors (Lipinski definition) is 6. The third-order valence-electron chi connectivity index (χ3n) is 7.69. The molecule has 8 nitrogen and oxygen atoms in total. The number of halogens is 1. The van der Waals surface area contributed by atoms with Gasteiger partial charge < -0.3 is 23.9 Å². The number of ether oxygens (including phenoxy) is 3. The smallest absolute Gasteiger partial charge is 0.238 e. The van der Waals surface area contributed by atoms with Gasteiger partial charge in [-0.3, -0.25) is 9.69 Å². The lowest BCUT2D eigenvalue weighted by molar-refractivity contribution is -0.117. The second-order valence-electron chi connectivity index (χ2n) is 10.5. The minimum atomic E-state index is -0.0573. The van der Waals surface area contributed by atoms with E-state index >= 15 is 0 Å². The van der Waals surface area contributed by atoms with Gasteiger partial charge in [0.2, 0.25) is 5.91 Å². The van der Waals surface area contributed by atoms with Crippen molar-refractivity contribution in [3.05, 3.63) is 112 Å². The van der Waals surface area contributed by atoms with Gasteiger partial charge in [0, 0.05) is 35.6 Å². The normalized spacial score (nSPS) is 13.1. The molecule has 3 aromatic carbocycles. The molecule has 0 spiro atoms. The van der Waals surface area contributed by atoms with Gasteiger partial charge in [-0.2, -0.15) is 0 Å². The Labute approximate surface area is 255 Å². The number of imidazole rings is 1. The van der Waals surface area contributed by atoms with E-state index in [1.54, 1.807) is 14.2 Å². The number of benzene rings is 3. The Morgan fingerprint density at radius 1 is 0.930 bits per heavy atom. The Morgan fingerprint density at radius 2 is 1.67 bits per heavy atom. The monoisotopic (exact) mass is 596 g/mol. The van der Waals surface area contributed by atoms with Crippen molar-refractivity contribution in [2.75, 3.05) is 32.6 Å². The minimum Gasteiger partial charge on any atom is -0.493 e. The summed E-state index contributed by atoms with van der Waals surface area (Å²) >= 11 is 6.32. The number of nitrogens with one attached hydrogen (secondary N) is 1. The molecule has 5 aromatic rings. The van der Waals surface area contributed by atoms with Crippen LogP contribution >= 0.6 is 11.6 Å². The Balaban J connectivity index is 1.12. The van der Waals surface area contributed by atoms with Crippen molar-refractivity contribution in [3.8, 4) is 22.8 Å². The van der Waals surface area contributed by atoms with Crippen molar-refractivity contribution < 1.29 is 19.0 Å². The quantitative estimate of drug-likeness (QED) is 0.201. The van der Waals surface area contributed by atoms with Gasteiger partial charge in [-0.1, -0.05) is 48.0 Å². The van der Waals surface area contributed by atoms with Crippen LogP contribution in [0.15, 0.2) is 85.1 Å². The van der Waals surface area contributed by atoms with Crippen LogP contribution in [-0.4, -0.2) is 47.5 Å². The molecule has 1 aliphatic heterocycles. The number of anilines is 1. The van der Waals surface area contributed by atoms with E-state index in [9.17, 15) is 4.79 Å². The summed E-state index contributed by atoms with van der Waals surface area (Å²) < 4.78 is 19.0. The van der Waals surface area contributed by atoms with Crippen LogP contribution in [0.3, 0.4) is 0 Å². The highest BCUT2D eigenvalue weighted by Crippen LogP contribution is 2.33. The molecule has 0 saturated carbocycles. The predicted molar refractivity (Wildman–Crippen MR) is 168 cm³/mol.